The van der Waals surface area contributed by atoms with Crippen molar-refractivity contribution in [1.29, 1.82) is 0 Å². The second kappa shape index (κ2) is 7.21. The largest absolute Gasteiger partial charge is 0.354 e. The molecule has 4 rings (SSSR count). The number of hydrogen-bond acceptors (Lipinski definition) is 6. The van der Waals surface area contributed by atoms with Crippen LogP contribution in [0.3, 0.4) is 0 Å². The third kappa shape index (κ3) is 3.29. The molecule has 9 heteroatoms. The van der Waals surface area contributed by atoms with Gasteiger partial charge in [0.1, 0.15) is 11.4 Å². The molecule has 0 radical (unpaired) electrons. The van der Waals surface area contributed by atoms with Crippen LogP contribution in [0.4, 0.5) is 5.13 Å². The van der Waals surface area contributed by atoms with Crippen LogP contribution in [-0.2, 0) is 9.59 Å². The van der Waals surface area contributed by atoms with Gasteiger partial charge in [0.2, 0.25) is 11.8 Å². The molecular formula is C19H20N4O3S2. The van der Waals surface area contributed by atoms with Gasteiger partial charge in [0.05, 0.1) is 0 Å². The summed E-state index contributed by atoms with van der Waals surface area (Å²) in [6.07, 6.45) is 1.76. The maximum absolute atomic E-state index is 12.9. The number of rotatable bonds is 5. The van der Waals surface area contributed by atoms with Gasteiger partial charge in [-0.15, -0.1) is 23.1 Å². The second-order valence-electron chi connectivity index (χ2n) is 7.20. The maximum atomic E-state index is 12.9. The predicted molar refractivity (Wildman–Crippen MR) is 109 cm³/mol. The molecule has 7 nitrogen and oxygen atoms in total. The molecule has 0 saturated carbocycles. The molecule has 2 aliphatic rings. The molecule has 146 valence electrons. The highest BCUT2D eigenvalue weighted by Gasteiger charge is 2.57. The van der Waals surface area contributed by atoms with E-state index in [4.69, 9.17) is 0 Å². The van der Waals surface area contributed by atoms with Crippen molar-refractivity contribution < 1.29 is 14.4 Å². The van der Waals surface area contributed by atoms with Crippen LogP contribution in [-0.4, -0.2) is 44.9 Å². The molecule has 0 spiro atoms. The van der Waals surface area contributed by atoms with Gasteiger partial charge in [-0.1, -0.05) is 18.2 Å². The fraction of sp³-hybridized carbons (Fsp3) is 0.368. The number of nitrogens with zero attached hydrogens (tertiary/aromatic N) is 2. The number of nitrogens with one attached hydrogen (secondary N) is 2. The van der Waals surface area contributed by atoms with E-state index >= 15 is 0 Å². The average Bonchev–Trinajstić information content (AvgIpc) is 3.31. The van der Waals surface area contributed by atoms with E-state index in [2.05, 4.69) is 15.6 Å². The lowest BCUT2D eigenvalue weighted by atomic mass is 10.0. The minimum absolute atomic E-state index is 0.111. The Morgan fingerprint density at radius 2 is 2.07 bits per heavy atom. The molecule has 2 N–H and O–H groups in total. The minimum Gasteiger partial charge on any atom is -0.354 e. The van der Waals surface area contributed by atoms with Crippen LogP contribution in [0.15, 0.2) is 35.8 Å². The SMILES string of the molecule is CC1(C)S[C@H]2c3ccccc3C(=O)N2[C@H]1C(=O)NCCC(=O)Nc1nccs1. The van der Waals surface area contributed by atoms with Crippen molar-refractivity contribution in [2.24, 2.45) is 0 Å². The van der Waals surface area contributed by atoms with Gasteiger partial charge in [-0.3, -0.25) is 14.4 Å². The van der Waals surface area contributed by atoms with Gasteiger partial charge in [-0.2, -0.15) is 0 Å². The summed E-state index contributed by atoms with van der Waals surface area (Å²) in [6.45, 7) is 4.16. The summed E-state index contributed by atoms with van der Waals surface area (Å²) < 4.78 is -0.429. The molecule has 0 unspecified atom stereocenters. The topological polar surface area (TPSA) is 91.4 Å². The van der Waals surface area contributed by atoms with E-state index < -0.39 is 10.8 Å². The molecule has 2 aliphatic heterocycles. The number of aromatic nitrogens is 1. The van der Waals surface area contributed by atoms with E-state index in [0.717, 1.165) is 5.56 Å². The molecule has 1 aromatic heterocycles. The van der Waals surface area contributed by atoms with Crippen LogP contribution in [0.2, 0.25) is 0 Å². The molecule has 0 bridgehead atoms. The Morgan fingerprint density at radius 3 is 2.82 bits per heavy atom. The number of carbonyl (C=O) groups excluding carboxylic acids is 3. The van der Waals surface area contributed by atoms with Crippen molar-refractivity contribution in [3.63, 3.8) is 0 Å². The first-order valence-electron chi connectivity index (χ1n) is 8.95. The molecule has 0 aliphatic carbocycles. The normalized spacial score (nSPS) is 21.9. The van der Waals surface area contributed by atoms with Crippen molar-refractivity contribution in [2.45, 2.75) is 36.4 Å². The Bertz CT molecular complexity index is 929. The van der Waals surface area contributed by atoms with Crippen molar-refractivity contribution in [1.82, 2.24) is 15.2 Å². The smallest absolute Gasteiger partial charge is 0.256 e. The van der Waals surface area contributed by atoms with Crippen LogP contribution in [0, 0.1) is 0 Å². The summed E-state index contributed by atoms with van der Waals surface area (Å²) in [5.41, 5.74) is 1.62. The van der Waals surface area contributed by atoms with Crippen molar-refractivity contribution in [3.05, 3.63) is 47.0 Å². The van der Waals surface area contributed by atoms with Gasteiger partial charge in [-0.25, -0.2) is 4.98 Å². The van der Waals surface area contributed by atoms with Crippen LogP contribution < -0.4 is 10.6 Å². The standard InChI is InChI=1S/C19H20N4O3S2/c1-19(2)14(15(25)20-8-7-13(24)22-18-21-9-10-27-18)23-16(26)11-5-3-4-6-12(11)17(23)28-19/h3-6,9-10,14,17H,7-8H2,1-2H3,(H,20,25)(H,21,22,24)/t14-,17-/m0/s1. The van der Waals surface area contributed by atoms with E-state index in [1.54, 1.807) is 28.2 Å². The predicted octanol–water partition coefficient (Wildman–Crippen LogP) is 2.64. The van der Waals surface area contributed by atoms with Crippen LogP contribution >= 0.6 is 23.1 Å². The van der Waals surface area contributed by atoms with E-state index in [1.807, 2.05) is 38.1 Å². The summed E-state index contributed by atoms with van der Waals surface area (Å²) in [4.78, 5) is 43.5. The number of fused-ring (bicyclic) bond motifs is 3. The molecular weight excluding hydrogens is 396 g/mol. The first kappa shape index (κ1) is 18.9. The molecule has 1 aromatic carbocycles. The number of thiazole rings is 1. The minimum atomic E-state index is -0.593. The van der Waals surface area contributed by atoms with Gasteiger partial charge in [0.25, 0.3) is 5.91 Å². The lowest BCUT2D eigenvalue weighted by Crippen LogP contribution is -2.52. The van der Waals surface area contributed by atoms with Crippen LogP contribution in [0.5, 0.6) is 0 Å². The lowest BCUT2D eigenvalue weighted by Gasteiger charge is -2.29. The van der Waals surface area contributed by atoms with Crippen molar-refractivity contribution in [2.75, 3.05) is 11.9 Å². The van der Waals surface area contributed by atoms with Gasteiger partial charge in [0, 0.05) is 34.9 Å². The van der Waals surface area contributed by atoms with Gasteiger partial charge >= 0.3 is 0 Å². The molecule has 1 saturated heterocycles. The molecule has 2 aromatic rings. The molecule has 3 amide bonds. The number of anilines is 1. The highest BCUT2D eigenvalue weighted by Crippen LogP contribution is 2.56. The lowest BCUT2D eigenvalue weighted by molar-refractivity contribution is -0.126. The zero-order chi connectivity index (χ0) is 19.9. The Kier molecular flexibility index (Phi) is 4.88. The maximum Gasteiger partial charge on any atom is 0.256 e. The van der Waals surface area contributed by atoms with Gasteiger partial charge in [0.15, 0.2) is 5.13 Å². The first-order valence-corrected chi connectivity index (χ1v) is 10.7. The van der Waals surface area contributed by atoms with E-state index in [0.29, 0.717) is 10.7 Å². The molecule has 28 heavy (non-hydrogen) atoms. The zero-order valence-electron chi connectivity index (χ0n) is 15.5. The van der Waals surface area contributed by atoms with Crippen LogP contribution in [0.25, 0.3) is 0 Å². The third-order valence-electron chi connectivity index (χ3n) is 4.87. The third-order valence-corrected chi connectivity index (χ3v) is 7.10. The fourth-order valence-corrected chi connectivity index (χ4v) is 5.80. The summed E-state index contributed by atoms with van der Waals surface area (Å²) in [6, 6.07) is 6.91. The van der Waals surface area contributed by atoms with Gasteiger partial charge < -0.3 is 15.5 Å². The molecule has 1 fully saturated rings. The second-order valence-corrected chi connectivity index (χ2v) is 9.83. The average molecular weight is 417 g/mol. The number of carbonyl (C=O) groups is 3. The Morgan fingerprint density at radius 1 is 1.29 bits per heavy atom. The molecule has 3 heterocycles. The van der Waals surface area contributed by atoms with Crippen LogP contribution in [0.1, 0.15) is 41.6 Å². The Balaban J connectivity index is 1.41. The fourth-order valence-electron chi connectivity index (χ4n) is 3.67. The van der Waals surface area contributed by atoms with Crippen molar-refractivity contribution in [3.8, 4) is 0 Å². The number of hydrogen-bond donors (Lipinski definition) is 2. The summed E-state index contributed by atoms with van der Waals surface area (Å²) >= 11 is 2.96. The van der Waals surface area contributed by atoms with E-state index in [9.17, 15) is 14.4 Å². The Labute approximate surface area is 170 Å². The number of benzene rings is 1. The highest BCUT2D eigenvalue weighted by atomic mass is 32.2. The number of thioether (sulfide) groups is 1. The monoisotopic (exact) mass is 416 g/mol. The molecule has 2 atom stereocenters. The van der Waals surface area contributed by atoms with Gasteiger partial charge in [-0.05, 0) is 25.5 Å². The summed E-state index contributed by atoms with van der Waals surface area (Å²) in [7, 11) is 0. The first-order chi connectivity index (χ1) is 13.4. The number of amides is 3. The summed E-state index contributed by atoms with van der Waals surface area (Å²) in [5, 5.41) is 7.67. The highest BCUT2D eigenvalue weighted by molar-refractivity contribution is 8.01. The van der Waals surface area contributed by atoms with E-state index in [-0.39, 0.29) is 36.1 Å². The van der Waals surface area contributed by atoms with Crippen molar-refractivity contribution >= 4 is 46.0 Å². The Hall–Kier alpha value is -2.39. The van der Waals surface area contributed by atoms with E-state index in [1.165, 1.54) is 11.3 Å². The summed E-state index contributed by atoms with van der Waals surface area (Å²) in [5.74, 6) is -0.554. The quantitative estimate of drug-likeness (QED) is 0.782. The zero-order valence-corrected chi connectivity index (χ0v) is 17.1.